The Morgan fingerprint density at radius 3 is 2.83 bits per heavy atom. The summed E-state index contributed by atoms with van der Waals surface area (Å²) < 4.78 is 37.5. The standard InChI is InChI=1S/C15H11F2N3O4/c1-8(13(21)18-11-7-9(16)4-5-10(11)17)20-15(22)24-14(19-20)12-3-2-6-23-12/h2-8H,1H3,(H,18,21). The predicted molar refractivity (Wildman–Crippen MR) is 78.2 cm³/mol. The van der Waals surface area contributed by atoms with Crippen molar-refractivity contribution in [1.29, 1.82) is 0 Å². The zero-order chi connectivity index (χ0) is 17.3. The summed E-state index contributed by atoms with van der Waals surface area (Å²) in [5.41, 5.74) is -0.338. The van der Waals surface area contributed by atoms with Crippen LogP contribution in [0, 0.1) is 11.6 Å². The minimum absolute atomic E-state index is 0.0958. The molecule has 3 aromatic rings. The number of benzene rings is 1. The lowest BCUT2D eigenvalue weighted by molar-refractivity contribution is -0.119. The Kier molecular flexibility index (Phi) is 3.98. The number of hydrogen-bond donors (Lipinski definition) is 1. The fourth-order valence-corrected chi connectivity index (χ4v) is 1.97. The van der Waals surface area contributed by atoms with Gasteiger partial charge in [0.1, 0.15) is 17.7 Å². The summed E-state index contributed by atoms with van der Waals surface area (Å²) in [6.45, 7) is 1.36. The molecule has 1 unspecified atom stereocenters. The van der Waals surface area contributed by atoms with Crippen LogP contribution in [0.25, 0.3) is 11.7 Å². The molecule has 9 heteroatoms. The lowest BCUT2D eigenvalue weighted by Gasteiger charge is -2.11. The molecule has 0 fully saturated rings. The first-order chi connectivity index (χ1) is 11.5. The molecule has 0 saturated carbocycles. The Labute approximate surface area is 133 Å². The highest BCUT2D eigenvalue weighted by atomic mass is 19.1. The number of nitrogens with one attached hydrogen (secondary N) is 1. The van der Waals surface area contributed by atoms with Gasteiger partial charge in [0, 0.05) is 6.07 Å². The number of rotatable bonds is 4. The van der Waals surface area contributed by atoms with Gasteiger partial charge in [-0.15, -0.1) is 5.10 Å². The second-order valence-corrected chi connectivity index (χ2v) is 4.88. The van der Waals surface area contributed by atoms with E-state index in [-0.39, 0.29) is 17.3 Å². The molecule has 3 rings (SSSR count). The highest BCUT2D eigenvalue weighted by molar-refractivity contribution is 5.93. The molecule has 0 aliphatic heterocycles. The van der Waals surface area contributed by atoms with Crippen molar-refractivity contribution < 1.29 is 22.4 Å². The van der Waals surface area contributed by atoms with Gasteiger partial charge in [0.15, 0.2) is 5.76 Å². The number of aromatic nitrogens is 2. The van der Waals surface area contributed by atoms with E-state index in [9.17, 15) is 18.4 Å². The summed E-state index contributed by atoms with van der Waals surface area (Å²) in [7, 11) is 0. The Bertz CT molecular complexity index is 931. The molecule has 1 N–H and O–H groups in total. The van der Waals surface area contributed by atoms with Gasteiger partial charge in [-0.3, -0.25) is 4.79 Å². The van der Waals surface area contributed by atoms with Crippen LogP contribution in [-0.2, 0) is 4.79 Å². The van der Waals surface area contributed by atoms with Crippen LogP contribution in [0.5, 0.6) is 0 Å². The van der Waals surface area contributed by atoms with E-state index >= 15 is 0 Å². The number of carbonyl (C=O) groups excluding carboxylic acids is 1. The first-order valence-corrected chi connectivity index (χ1v) is 6.85. The van der Waals surface area contributed by atoms with Gasteiger partial charge < -0.3 is 14.2 Å². The highest BCUT2D eigenvalue weighted by Gasteiger charge is 2.23. The smallest absolute Gasteiger partial charge is 0.438 e. The van der Waals surface area contributed by atoms with Gasteiger partial charge in [-0.2, -0.15) is 4.68 Å². The van der Waals surface area contributed by atoms with E-state index < -0.39 is 29.3 Å². The Hall–Kier alpha value is -3.23. The zero-order valence-electron chi connectivity index (χ0n) is 12.3. The first-order valence-electron chi connectivity index (χ1n) is 6.85. The van der Waals surface area contributed by atoms with Crippen molar-refractivity contribution >= 4 is 11.6 Å². The number of hydrogen-bond acceptors (Lipinski definition) is 5. The fourth-order valence-electron chi connectivity index (χ4n) is 1.97. The lowest BCUT2D eigenvalue weighted by atomic mass is 10.2. The van der Waals surface area contributed by atoms with Crippen molar-refractivity contribution in [2.75, 3.05) is 5.32 Å². The lowest BCUT2D eigenvalue weighted by Crippen LogP contribution is -2.30. The van der Waals surface area contributed by atoms with Gasteiger partial charge >= 0.3 is 5.76 Å². The summed E-state index contributed by atoms with van der Waals surface area (Å²) in [5, 5.41) is 6.07. The number of carbonyl (C=O) groups is 1. The summed E-state index contributed by atoms with van der Waals surface area (Å²) in [6.07, 6.45) is 1.37. The van der Waals surface area contributed by atoms with Crippen molar-refractivity contribution in [2.24, 2.45) is 0 Å². The fraction of sp³-hybridized carbons (Fsp3) is 0.133. The quantitative estimate of drug-likeness (QED) is 0.791. The zero-order valence-corrected chi connectivity index (χ0v) is 12.3. The molecule has 0 radical (unpaired) electrons. The minimum Gasteiger partial charge on any atom is -0.459 e. The van der Waals surface area contributed by atoms with Gasteiger partial charge in [-0.05, 0) is 31.2 Å². The van der Waals surface area contributed by atoms with E-state index in [1.165, 1.54) is 19.3 Å². The van der Waals surface area contributed by atoms with E-state index in [0.29, 0.717) is 0 Å². The molecular formula is C15H11F2N3O4. The van der Waals surface area contributed by atoms with E-state index in [4.69, 9.17) is 8.83 Å². The molecule has 0 aliphatic rings. The number of nitrogens with zero attached hydrogens (tertiary/aromatic N) is 2. The molecule has 0 saturated heterocycles. The second-order valence-electron chi connectivity index (χ2n) is 4.88. The third kappa shape index (κ3) is 2.96. The second kappa shape index (κ2) is 6.11. The number of anilines is 1. The van der Waals surface area contributed by atoms with Gasteiger partial charge in [-0.25, -0.2) is 13.6 Å². The minimum atomic E-state index is -1.12. The SMILES string of the molecule is CC(C(=O)Nc1cc(F)ccc1F)n1nc(-c2ccco2)oc1=O. The monoisotopic (exact) mass is 335 g/mol. The van der Waals surface area contributed by atoms with E-state index in [0.717, 1.165) is 22.9 Å². The van der Waals surface area contributed by atoms with Crippen LogP contribution in [0.3, 0.4) is 0 Å². The van der Waals surface area contributed by atoms with Crippen molar-refractivity contribution in [3.05, 3.63) is 58.8 Å². The highest BCUT2D eigenvalue weighted by Crippen LogP contribution is 2.19. The average molecular weight is 335 g/mol. The van der Waals surface area contributed by atoms with E-state index in [1.807, 2.05) is 0 Å². The number of furan rings is 1. The molecule has 1 amide bonds. The normalized spacial score (nSPS) is 12.1. The maximum Gasteiger partial charge on any atom is 0.438 e. The molecule has 1 aromatic carbocycles. The van der Waals surface area contributed by atoms with Crippen molar-refractivity contribution in [3.63, 3.8) is 0 Å². The van der Waals surface area contributed by atoms with Crippen LogP contribution in [0.15, 0.2) is 50.2 Å². The summed E-state index contributed by atoms with van der Waals surface area (Å²) in [5.74, 6) is -3.04. The van der Waals surface area contributed by atoms with Crippen LogP contribution in [0.2, 0.25) is 0 Å². The molecule has 0 aliphatic carbocycles. The largest absolute Gasteiger partial charge is 0.459 e. The van der Waals surface area contributed by atoms with Crippen molar-refractivity contribution in [1.82, 2.24) is 9.78 Å². The topological polar surface area (TPSA) is 90.3 Å². The third-order valence-corrected chi connectivity index (χ3v) is 3.23. The van der Waals surface area contributed by atoms with Gasteiger partial charge in [0.05, 0.1) is 12.0 Å². The number of halogens is 2. The van der Waals surface area contributed by atoms with Gasteiger partial charge in [-0.1, -0.05) is 0 Å². The Morgan fingerprint density at radius 2 is 2.12 bits per heavy atom. The van der Waals surface area contributed by atoms with E-state index in [2.05, 4.69) is 10.4 Å². The molecular weight excluding hydrogens is 324 g/mol. The Morgan fingerprint density at radius 1 is 1.33 bits per heavy atom. The molecule has 2 aromatic heterocycles. The van der Waals surface area contributed by atoms with Crippen LogP contribution >= 0.6 is 0 Å². The summed E-state index contributed by atoms with van der Waals surface area (Å²) in [6, 6.07) is 4.63. The molecule has 0 bridgehead atoms. The van der Waals surface area contributed by atoms with Crippen molar-refractivity contribution in [2.45, 2.75) is 13.0 Å². The van der Waals surface area contributed by atoms with E-state index in [1.54, 1.807) is 6.07 Å². The van der Waals surface area contributed by atoms with Crippen LogP contribution in [0.1, 0.15) is 13.0 Å². The maximum absolute atomic E-state index is 13.6. The third-order valence-electron chi connectivity index (χ3n) is 3.23. The molecule has 7 nitrogen and oxygen atoms in total. The molecule has 24 heavy (non-hydrogen) atoms. The molecule has 0 spiro atoms. The average Bonchev–Trinajstić information content (AvgIpc) is 3.19. The van der Waals surface area contributed by atoms with Gasteiger partial charge in [0.25, 0.3) is 5.89 Å². The maximum atomic E-state index is 13.6. The van der Waals surface area contributed by atoms with Crippen LogP contribution in [-0.4, -0.2) is 15.7 Å². The molecule has 1 atom stereocenters. The molecule has 124 valence electrons. The van der Waals surface area contributed by atoms with Crippen LogP contribution in [0.4, 0.5) is 14.5 Å². The first kappa shape index (κ1) is 15.7. The van der Waals surface area contributed by atoms with Crippen LogP contribution < -0.4 is 11.1 Å². The Balaban J connectivity index is 1.84. The van der Waals surface area contributed by atoms with Crippen molar-refractivity contribution in [3.8, 4) is 11.7 Å². The number of amides is 1. The molecule has 2 heterocycles. The summed E-state index contributed by atoms with van der Waals surface area (Å²) >= 11 is 0. The summed E-state index contributed by atoms with van der Waals surface area (Å²) in [4.78, 5) is 24.0. The predicted octanol–water partition coefficient (Wildman–Crippen LogP) is 2.57. The van der Waals surface area contributed by atoms with Gasteiger partial charge in [0.2, 0.25) is 5.91 Å².